The van der Waals surface area contributed by atoms with E-state index >= 15 is 0 Å². The number of nitrogens with two attached hydrogens (primary N) is 1. The average Bonchev–Trinajstić information content (AvgIpc) is 3.75. The fraction of sp³-hybridized carbons (Fsp3) is 0.250. The predicted molar refractivity (Wildman–Crippen MR) is 296 cm³/mol. The Morgan fingerprint density at radius 1 is 0.785 bits per heavy atom. The smallest absolute Gasteiger partial charge is 0.0872 e. The maximum Gasteiger partial charge on any atom is 0.0872 e. The second-order valence-corrected chi connectivity index (χ2v) is 16.0. The van der Waals surface area contributed by atoms with E-state index in [9.17, 15) is 0 Å². The van der Waals surface area contributed by atoms with Crippen molar-refractivity contribution in [1.29, 1.82) is 0 Å². The largest absolute Gasteiger partial charge is 0.363 e. The van der Waals surface area contributed by atoms with E-state index in [1.807, 2.05) is 70.5 Å². The Bertz CT molecular complexity index is 2600. The molecule has 1 aliphatic carbocycles. The summed E-state index contributed by atoms with van der Waals surface area (Å²) < 4.78 is 2.56. The molecule has 340 valence electrons. The molecular formula is C60H74N4S. The highest BCUT2D eigenvalue weighted by atomic mass is 32.1. The molecule has 8 rings (SSSR count). The number of hydrogen-bond donors (Lipinski definition) is 2. The van der Waals surface area contributed by atoms with Gasteiger partial charge in [-0.2, -0.15) is 0 Å². The minimum atomic E-state index is -0.518. The lowest BCUT2D eigenvalue weighted by Gasteiger charge is -2.32. The SMILES string of the molecule is C/C=C\C=C/CC.C=C1/C=C\C=C/N(C)c2cc(-c3ccccc3-c3cc(C(C)(NC=NC)c4ccccc4)c4sc5ccccc5c4c3)ccc21.CC.CC.CC1=CCCC=C1.CN. The fourth-order valence-corrected chi connectivity index (χ4v) is 8.78. The molecule has 1 atom stereocenters. The van der Waals surface area contributed by atoms with Gasteiger partial charge in [-0.3, -0.25) is 4.99 Å². The minimum absolute atomic E-state index is 0.518. The van der Waals surface area contributed by atoms with Crippen LogP contribution in [-0.4, -0.2) is 27.5 Å². The molecule has 5 aromatic carbocycles. The number of thiophene rings is 1. The van der Waals surface area contributed by atoms with Crippen LogP contribution in [0.5, 0.6) is 0 Å². The lowest BCUT2D eigenvalue weighted by Crippen LogP contribution is -2.40. The molecule has 65 heavy (non-hydrogen) atoms. The van der Waals surface area contributed by atoms with Crippen LogP contribution in [-0.2, 0) is 5.54 Å². The minimum Gasteiger partial charge on any atom is -0.363 e. The van der Waals surface area contributed by atoms with Gasteiger partial charge in [-0.05, 0) is 111 Å². The maximum atomic E-state index is 4.50. The first-order valence-electron chi connectivity index (χ1n) is 23.2. The zero-order valence-electron chi connectivity index (χ0n) is 41.0. The number of nitrogens with one attached hydrogen (secondary N) is 1. The summed E-state index contributed by atoms with van der Waals surface area (Å²) in [7, 11) is 5.40. The molecule has 0 saturated carbocycles. The highest BCUT2D eigenvalue weighted by molar-refractivity contribution is 7.26. The summed E-state index contributed by atoms with van der Waals surface area (Å²) in [6.07, 6.45) is 28.6. The third-order valence-corrected chi connectivity index (χ3v) is 11.9. The third-order valence-electron chi connectivity index (χ3n) is 10.7. The molecule has 0 saturated heterocycles. The van der Waals surface area contributed by atoms with Crippen LogP contribution in [0.1, 0.15) is 91.3 Å². The molecule has 0 fully saturated rings. The summed E-state index contributed by atoms with van der Waals surface area (Å²) in [5.41, 5.74) is 15.8. The quantitative estimate of drug-likeness (QED) is 0.0910. The first-order chi connectivity index (χ1) is 31.8. The van der Waals surface area contributed by atoms with E-state index in [0.717, 1.165) is 23.2 Å². The highest BCUT2D eigenvalue weighted by Gasteiger charge is 2.32. The van der Waals surface area contributed by atoms with E-state index in [0.29, 0.717) is 0 Å². The van der Waals surface area contributed by atoms with Crippen LogP contribution in [0.4, 0.5) is 5.69 Å². The number of rotatable bonds is 8. The molecule has 0 radical (unpaired) electrons. The second-order valence-electron chi connectivity index (χ2n) is 14.9. The molecule has 2 heterocycles. The zero-order valence-corrected chi connectivity index (χ0v) is 41.8. The van der Waals surface area contributed by atoms with Crippen LogP contribution in [0.2, 0.25) is 0 Å². The summed E-state index contributed by atoms with van der Waals surface area (Å²) >= 11 is 1.86. The van der Waals surface area contributed by atoms with Crippen molar-refractivity contribution in [3.63, 3.8) is 0 Å². The maximum absolute atomic E-state index is 4.50. The summed E-state index contributed by atoms with van der Waals surface area (Å²) in [6.45, 7) is 20.9. The van der Waals surface area contributed by atoms with Crippen molar-refractivity contribution in [2.45, 2.75) is 80.2 Å². The van der Waals surface area contributed by atoms with Crippen molar-refractivity contribution >= 4 is 49.1 Å². The van der Waals surface area contributed by atoms with Gasteiger partial charge in [-0.15, -0.1) is 11.3 Å². The number of anilines is 1. The van der Waals surface area contributed by atoms with Gasteiger partial charge < -0.3 is 16.0 Å². The van der Waals surface area contributed by atoms with Gasteiger partial charge in [-0.25, -0.2) is 0 Å². The Hall–Kier alpha value is -6.27. The molecule has 2 aliphatic rings. The molecule has 6 aromatic rings. The molecule has 0 bridgehead atoms. The Morgan fingerprint density at radius 3 is 2.09 bits per heavy atom. The third kappa shape index (κ3) is 14.1. The first kappa shape index (κ1) is 53.1. The number of allylic oxidation sites excluding steroid dienone is 12. The zero-order chi connectivity index (χ0) is 47.6. The highest BCUT2D eigenvalue weighted by Crippen LogP contribution is 2.46. The second kappa shape index (κ2) is 28.5. The van der Waals surface area contributed by atoms with Crippen LogP contribution >= 0.6 is 11.3 Å². The van der Waals surface area contributed by atoms with Crippen molar-refractivity contribution in [3.05, 3.63) is 205 Å². The van der Waals surface area contributed by atoms with Crippen molar-refractivity contribution in [2.24, 2.45) is 10.7 Å². The summed E-state index contributed by atoms with van der Waals surface area (Å²) in [6, 6.07) is 39.6. The Balaban J connectivity index is 0.000000473. The van der Waals surface area contributed by atoms with Crippen molar-refractivity contribution in [3.8, 4) is 22.3 Å². The topological polar surface area (TPSA) is 53.6 Å². The normalized spacial score (nSPS) is 14.6. The number of fused-ring (bicyclic) bond motifs is 4. The Morgan fingerprint density at radius 2 is 1.46 bits per heavy atom. The van der Waals surface area contributed by atoms with Crippen LogP contribution in [0.3, 0.4) is 0 Å². The van der Waals surface area contributed by atoms with Crippen LogP contribution < -0.4 is 16.0 Å². The van der Waals surface area contributed by atoms with E-state index in [2.05, 4.69) is 213 Å². The van der Waals surface area contributed by atoms with E-state index in [-0.39, 0.29) is 0 Å². The van der Waals surface area contributed by atoms with Crippen LogP contribution in [0, 0.1) is 0 Å². The van der Waals surface area contributed by atoms with E-state index < -0.39 is 5.54 Å². The van der Waals surface area contributed by atoms with Gasteiger partial charge >= 0.3 is 0 Å². The number of aliphatic imine (C=N–C) groups is 1. The standard InChI is InChI=1S/C41H35N3S.C7H10.C7H12.2C2H6.CH5N/c1-28-14-12-13-23-44(4)38-26-29(21-22-32(28)38)33-17-8-9-18-34(33)30-24-36-35-19-10-11-20-39(35)45-40(36)37(25-30)41(2,43-27-42-3)31-15-6-5-7-16-31;1-7-5-3-2-4-6-7;1-3-5-7-6-4-2;3*1-2/h5-27H,1H2,2-4H3,(H,42,43);3,5-6H,2,4H2,1H3;3,5-7H,4H2,1-2H3;2*1-2H3;2H2,1H3/b14-12-,23-13-;;5-3-,7-6-;;;. The number of benzene rings is 5. The average molecular weight is 883 g/mol. The number of nitrogens with zero attached hydrogens (tertiary/aromatic N) is 2. The van der Waals surface area contributed by atoms with Crippen molar-refractivity contribution < 1.29 is 0 Å². The molecule has 5 heteroatoms. The van der Waals surface area contributed by atoms with E-state index in [1.165, 1.54) is 79.0 Å². The lowest BCUT2D eigenvalue weighted by molar-refractivity contribution is 0.541. The lowest BCUT2D eigenvalue weighted by atomic mass is 9.82. The first-order valence-corrected chi connectivity index (χ1v) is 24.0. The monoisotopic (exact) mass is 883 g/mol. The molecule has 1 aromatic heterocycles. The molecule has 3 N–H and O–H groups in total. The molecule has 1 aliphatic heterocycles. The Kier molecular flexibility index (Phi) is 23.3. The molecule has 1 unspecified atom stereocenters. The fourth-order valence-electron chi connectivity index (χ4n) is 7.48. The Labute approximate surface area is 396 Å². The van der Waals surface area contributed by atoms with Gasteiger partial charge in [0.25, 0.3) is 0 Å². The van der Waals surface area contributed by atoms with Crippen LogP contribution in [0.15, 0.2) is 193 Å². The predicted octanol–water partition coefficient (Wildman–Crippen LogP) is 16.9. The van der Waals surface area contributed by atoms with E-state index in [1.54, 1.807) is 7.05 Å². The number of hydrogen-bond acceptors (Lipinski definition) is 4. The van der Waals surface area contributed by atoms with Crippen molar-refractivity contribution in [1.82, 2.24) is 5.32 Å². The van der Waals surface area contributed by atoms with Gasteiger partial charge in [0.2, 0.25) is 0 Å². The van der Waals surface area contributed by atoms with Gasteiger partial charge in [0.05, 0.1) is 11.9 Å². The van der Waals surface area contributed by atoms with Crippen LogP contribution in [0.25, 0.3) is 48.0 Å². The summed E-state index contributed by atoms with van der Waals surface area (Å²) in [5.74, 6) is 0. The molecule has 0 spiro atoms. The summed E-state index contributed by atoms with van der Waals surface area (Å²) in [4.78, 5) is 6.51. The molecular weight excluding hydrogens is 809 g/mol. The van der Waals surface area contributed by atoms with E-state index in [4.69, 9.17) is 0 Å². The van der Waals surface area contributed by atoms with Gasteiger partial charge in [-0.1, -0.05) is 186 Å². The summed E-state index contributed by atoms with van der Waals surface area (Å²) in [5, 5.41) is 6.23. The van der Waals surface area contributed by atoms with Gasteiger partial charge in [0, 0.05) is 57.3 Å². The van der Waals surface area contributed by atoms with Gasteiger partial charge in [0.1, 0.15) is 0 Å². The molecule has 4 nitrogen and oxygen atoms in total. The van der Waals surface area contributed by atoms with Gasteiger partial charge in [0.15, 0.2) is 0 Å². The van der Waals surface area contributed by atoms with Crippen molar-refractivity contribution in [2.75, 3.05) is 26.0 Å². The molecule has 0 amide bonds.